The molecule has 1 N–H and O–H groups in total. The molecule has 3 rings (SSSR count). The maximum atomic E-state index is 10.7. The fourth-order valence-electron chi connectivity index (χ4n) is 3.38. The minimum atomic E-state index is -0.579. The summed E-state index contributed by atoms with van der Waals surface area (Å²) in [6, 6.07) is 5.56. The van der Waals surface area contributed by atoms with Crippen LogP contribution in [0.25, 0.3) is 0 Å². The second-order valence-electron chi connectivity index (χ2n) is 6.40. The molecule has 0 fully saturated rings. The lowest BCUT2D eigenvalue weighted by Gasteiger charge is -2.28. The van der Waals surface area contributed by atoms with E-state index in [1.807, 2.05) is 18.2 Å². The first-order valence-corrected chi connectivity index (χ1v) is 9.85. The summed E-state index contributed by atoms with van der Waals surface area (Å²) in [5.41, 5.74) is 3.28. The predicted molar refractivity (Wildman–Crippen MR) is 103 cm³/mol. The number of hydrogen-bond acceptors (Lipinski definition) is 6. The number of methoxy groups -OCH3 is 2. The van der Waals surface area contributed by atoms with Crippen molar-refractivity contribution in [1.29, 1.82) is 0 Å². The van der Waals surface area contributed by atoms with Gasteiger partial charge in [0.15, 0.2) is 16.7 Å². The Kier molecular flexibility index (Phi) is 6.11. The summed E-state index contributed by atoms with van der Waals surface area (Å²) in [6.07, 6.45) is 0.381. The molecule has 142 valence electrons. The molecule has 0 unspecified atom stereocenters. The van der Waals surface area contributed by atoms with Crippen molar-refractivity contribution in [2.45, 2.75) is 31.1 Å². The number of hydrogen-bond donors (Lipinski definition) is 1. The van der Waals surface area contributed by atoms with Crippen LogP contribution in [0.15, 0.2) is 23.4 Å². The quantitative estimate of drug-likeness (QED) is 0.749. The standard InChI is InChI=1S/C19H27N3O3S/c1-5-26-19-20-14-11-22(9-8-15(14)21(19)2)12-16(23)13-6-7-17(24-3)18(10-13)25-4/h6-7,10,16,23H,5,8-9,11-12H2,1-4H3/t16-/m1/s1. The van der Waals surface area contributed by atoms with E-state index >= 15 is 0 Å². The highest BCUT2D eigenvalue weighted by Gasteiger charge is 2.24. The molecular weight excluding hydrogens is 350 g/mol. The summed E-state index contributed by atoms with van der Waals surface area (Å²) >= 11 is 1.77. The Labute approximate surface area is 159 Å². The van der Waals surface area contributed by atoms with Crippen molar-refractivity contribution < 1.29 is 14.6 Å². The number of rotatable bonds is 7. The second-order valence-corrected chi connectivity index (χ2v) is 7.63. The third-order valence-electron chi connectivity index (χ3n) is 4.79. The Morgan fingerprint density at radius 2 is 2.04 bits per heavy atom. The van der Waals surface area contributed by atoms with Gasteiger partial charge < -0.3 is 19.1 Å². The lowest BCUT2D eigenvalue weighted by molar-refractivity contribution is 0.104. The number of nitrogens with zero attached hydrogens (tertiary/aromatic N) is 3. The van der Waals surface area contributed by atoms with Crippen molar-refractivity contribution in [3.8, 4) is 11.5 Å². The summed E-state index contributed by atoms with van der Waals surface area (Å²) < 4.78 is 12.8. The zero-order valence-corrected chi connectivity index (χ0v) is 16.7. The molecule has 0 saturated heterocycles. The van der Waals surface area contributed by atoms with Gasteiger partial charge in [0.25, 0.3) is 0 Å². The maximum Gasteiger partial charge on any atom is 0.168 e. The van der Waals surface area contributed by atoms with Gasteiger partial charge in [-0.15, -0.1) is 0 Å². The number of fused-ring (bicyclic) bond motifs is 1. The van der Waals surface area contributed by atoms with Crippen LogP contribution in [0.1, 0.15) is 30.0 Å². The van der Waals surface area contributed by atoms with Gasteiger partial charge in [0, 0.05) is 38.8 Å². The van der Waals surface area contributed by atoms with E-state index in [-0.39, 0.29) is 0 Å². The lowest BCUT2D eigenvalue weighted by Crippen LogP contribution is -2.34. The minimum Gasteiger partial charge on any atom is -0.493 e. The van der Waals surface area contributed by atoms with Gasteiger partial charge in [0.1, 0.15) is 0 Å². The molecule has 0 aliphatic carbocycles. The number of benzene rings is 1. The van der Waals surface area contributed by atoms with Gasteiger partial charge in [0.05, 0.1) is 26.0 Å². The van der Waals surface area contributed by atoms with Crippen LogP contribution in [0.4, 0.5) is 0 Å². The summed E-state index contributed by atoms with van der Waals surface area (Å²) in [7, 11) is 5.31. The number of aromatic nitrogens is 2. The van der Waals surface area contributed by atoms with Gasteiger partial charge in [-0.05, 0) is 23.4 Å². The highest BCUT2D eigenvalue weighted by Crippen LogP contribution is 2.31. The Hall–Kier alpha value is -1.70. The molecule has 2 aromatic rings. The SMILES string of the molecule is CCSc1nc2c(n1C)CCN(C[C@@H](O)c1ccc(OC)c(OC)c1)C2. The number of ether oxygens (including phenoxy) is 2. The van der Waals surface area contributed by atoms with E-state index in [2.05, 4.69) is 23.4 Å². The number of thioether (sulfide) groups is 1. The topological polar surface area (TPSA) is 59.8 Å². The molecular formula is C19H27N3O3S. The third-order valence-corrected chi connectivity index (χ3v) is 5.70. The largest absolute Gasteiger partial charge is 0.493 e. The number of aliphatic hydroxyl groups excluding tert-OH is 1. The molecule has 2 heterocycles. The molecule has 26 heavy (non-hydrogen) atoms. The Morgan fingerprint density at radius 3 is 2.73 bits per heavy atom. The summed E-state index contributed by atoms with van der Waals surface area (Å²) in [5, 5.41) is 11.8. The Bertz CT molecular complexity index is 763. The second kappa shape index (κ2) is 8.33. The first kappa shape index (κ1) is 19.1. The molecule has 0 spiro atoms. The number of aliphatic hydroxyl groups is 1. The highest BCUT2D eigenvalue weighted by molar-refractivity contribution is 7.99. The molecule has 7 heteroatoms. The van der Waals surface area contributed by atoms with Crippen LogP contribution >= 0.6 is 11.8 Å². The zero-order valence-electron chi connectivity index (χ0n) is 15.9. The van der Waals surface area contributed by atoms with Crippen molar-refractivity contribution in [1.82, 2.24) is 14.5 Å². The average molecular weight is 378 g/mol. The number of imidazole rings is 1. The molecule has 0 bridgehead atoms. The molecule has 1 aliphatic heterocycles. The molecule has 0 radical (unpaired) electrons. The fraction of sp³-hybridized carbons (Fsp3) is 0.526. The molecule has 0 amide bonds. The van der Waals surface area contributed by atoms with E-state index in [9.17, 15) is 5.11 Å². The van der Waals surface area contributed by atoms with Crippen molar-refractivity contribution in [3.05, 3.63) is 35.2 Å². The van der Waals surface area contributed by atoms with Gasteiger partial charge in [-0.2, -0.15) is 0 Å². The van der Waals surface area contributed by atoms with Gasteiger partial charge >= 0.3 is 0 Å². The van der Waals surface area contributed by atoms with Gasteiger partial charge in [-0.3, -0.25) is 4.90 Å². The predicted octanol–water partition coefficient (Wildman–Crippen LogP) is 2.64. The highest BCUT2D eigenvalue weighted by atomic mass is 32.2. The van der Waals surface area contributed by atoms with Crippen molar-refractivity contribution in [2.75, 3.05) is 33.1 Å². The lowest BCUT2D eigenvalue weighted by atomic mass is 10.1. The molecule has 1 aliphatic rings. The molecule has 1 aromatic heterocycles. The maximum absolute atomic E-state index is 10.7. The monoisotopic (exact) mass is 377 g/mol. The van der Waals surface area contributed by atoms with Crippen LogP contribution in [0.2, 0.25) is 0 Å². The minimum absolute atomic E-state index is 0.571. The van der Waals surface area contributed by atoms with E-state index in [0.29, 0.717) is 18.0 Å². The van der Waals surface area contributed by atoms with Crippen LogP contribution in [0.5, 0.6) is 11.5 Å². The van der Waals surface area contributed by atoms with Crippen LogP contribution in [-0.4, -0.2) is 52.6 Å². The average Bonchev–Trinajstić information content (AvgIpc) is 2.96. The smallest absolute Gasteiger partial charge is 0.168 e. The van der Waals surface area contributed by atoms with Crippen molar-refractivity contribution in [2.24, 2.45) is 7.05 Å². The first-order valence-electron chi connectivity index (χ1n) is 8.87. The van der Waals surface area contributed by atoms with Gasteiger partial charge in [0.2, 0.25) is 0 Å². The molecule has 0 saturated carbocycles. The summed E-state index contributed by atoms with van der Waals surface area (Å²) in [5.74, 6) is 2.32. The van der Waals surface area contributed by atoms with E-state index in [0.717, 1.165) is 41.7 Å². The van der Waals surface area contributed by atoms with Crippen LogP contribution in [0, 0.1) is 0 Å². The molecule has 1 atom stereocenters. The molecule has 1 aromatic carbocycles. The zero-order chi connectivity index (χ0) is 18.7. The van der Waals surface area contributed by atoms with Crippen LogP contribution < -0.4 is 9.47 Å². The summed E-state index contributed by atoms with van der Waals surface area (Å²) in [6.45, 7) is 4.41. The van der Waals surface area contributed by atoms with E-state index in [1.54, 1.807) is 26.0 Å². The Balaban J connectivity index is 1.69. The Morgan fingerprint density at radius 1 is 1.27 bits per heavy atom. The van der Waals surface area contributed by atoms with E-state index in [4.69, 9.17) is 14.5 Å². The first-order chi connectivity index (χ1) is 12.6. The van der Waals surface area contributed by atoms with Crippen molar-refractivity contribution in [3.63, 3.8) is 0 Å². The fourth-order valence-corrected chi connectivity index (χ4v) is 4.12. The van der Waals surface area contributed by atoms with Crippen LogP contribution in [0.3, 0.4) is 0 Å². The third kappa shape index (κ3) is 3.84. The van der Waals surface area contributed by atoms with Gasteiger partial charge in [-0.1, -0.05) is 24.8 Å². The normalized spacial score (nSPS) is 15.6. The van der Waals surface area contributed by atoms with Gasteiger partial charge in [-0.25, -0.2) is 4.98 Å². The summed E-state index contributed by atoms with van der Waals surface area (Å²) in [4.78, 5) is 7.05. The number of β-amino-alcohol motifs (C(OH)–C–C–N with tert-alkyl or cyclic N) is 1. The van der Waals surface area contributed by atoms with E-state index < -0.39 is 6.10 Å². The van der Waals surface area contributed by atoms with E-state index in [1.165, 1.54) is 5.69 Å². The van der Waals surface area contributed by atoms with Crippen LogP contribution in [-0.2, 0) is 20.0 Å². The molecule has 6 nitrogen and oxygen atoms in total. The van der Waals surface area contributed by atoms with Crippen molar-refractivity contribution >= 4 is 11.8 Å².